The molecule has 1 aliphatic carbocycles. The number of hydrogen-bond acceptors (Lipinski definition) is 1. The molecule has 38 heavy (non-hydrogen) atoms. The Morgan fingerprint density at radius 3 is 1.76 bits per heavy atom. The van der Waals surface area contributed by atoms with E-state index in [1.165, 1.54) is 61.2 Å². The third-order valence-corrected chi connectivity index (χ3v) is 7.60. The third-order valence-electron chi connectivity index (χ3n) is 7.60. The van der Waals surface area contributed by atoms with Crippen LogP contribution in [-0.4, -0.2) is 4.57 Å². The van der Waals surface area contributed by atoms with Gasteiger partial charge >= 0.3 is 0 Å². The Bertz CT molecular complexity index is 1820. The van der Waals surface area contributed by atoms with Crippen LogP contribution in [0.2, 0.25) is 0 Å². The summed E-state index contributed by atoms with van der Waals surface area (Å²) in [6.07, 6.45) is 4.01. The smallest absolute Gasteiger partial charge is 0.0537 e. The van der Waals surface area contributed by atoms with Crippen molar-refractivity contribution < 1.29 is 0 Å². The predicted octanol–water partition coefficient (Wildman–Crippen LogP) is 8.88. The Balaban J connectivity index is 1.31. The Morgan fingerprint density at radius 1 is 0.500 bits per heavy atom. The molecule has 0 fully saturated rings. The van der Waals surface area contributed by atoms with Crippen LogP contribution in [0.1, 0.15) is 17.7 Å². The zero-order chi connectivity index (χ0) is 25.5. The molecule has 0 unspecified atom stereocenters. The van der Waals surface area contributed by atoms with E-state index in [1.54, 1.807) is 0 Å². The number of nitrogens with two attached hydrogens (primary N) is 1. The minimum Gasteiger partial charge on any atom is -0.402 e. The Hall–Kier alpha value is -4.82. The fourth-order valence-electron chi connectivity index (χ4n) is 5.75. The van der Waals surface area contributed by atoms with Gasteiger partial charge in [-0.1, -0.05) is 97.1 Å². The summed E-state index contributed by atoms with van der Waals surface area (Å²) in [5, 5.41) is 1.26. The quantitative estimate of drug-likeness (QED) is 0.264. The molecule has 7 rings (SSSR count). The van der Waals surface area contributed by atoms with Crippen LogP contribution in [0.5, 0.6) is 0 Å². The Labute approximate surface area is 223 Å². The molecule has 5 aromatic carbocycles. The Morgan fingerprint density at radius 2 is 1.05 bits per heavy atom. The van der Waals surface area contributed by atoms with E-state index in [4.69, 9.17) is 5.73 Å². The lowest BCUT2D eigenvalue weighted by Gasteiger charge is -2.16. The SMILES string of the molecule is NC1=Cc2c(n(-c3cccc(-c4cccc(-c5cccc(-c6ccccc6)c5)c4)c3)c3ccccc23)CC1. The van der Waals surface area contributed by atoms with Crippen LogP contribution >= 0.6 is 0 Å². The monoisotopic (exact) mass is 488 g/mol. The molecule has 1 heterocycles. The third kappa shape index (κ3) is 3.91. The van der Waals surface area contributed by atoms with E-state index < -0.39 is 0 Å². The van der Waals surface area contributed by atoms with Crippen molar-refractivity contribution in [3.05, 3.63) is 144 Å². The van der Waals surface area contributed by atoms with E-state index in [0.717, 1.165) is 18.5 Å². The molecule has 0 aliphatic heterocycles. The summed E-state index contributed by atoms with van der Waals surface area (Å²) >= 11 is 0. The fourth-order valence-corrected chi connectivity index (χ4v) is 5.75. The summed E-state index contributed by atoms with van der Waals surface area (Å²) in [6, 6.07) is 45.8. The molecular formula is C36H28N2. The van der Waals surface area contributed by atoms with Crippen LogP contribution in [0.15, 0.2) is 133 Å². The van der Waals surface area contributed by atoms with Crippen molar-refractivity contribution >= 4 is 17.0 Å². The average Bonchev–Trinajstić information content (AvgIpc) is 3.31. The van der Waals surface area contributed by atoms with Gasteiger partial charge in [0.15, 0.2) is 0 Å². The van der Waals surface area contributed by atoms with Crippen molar-refractivity contribution in [1.82, 2.24) is 4.57 Å². The first-order valence-electron chi connectivity index (χ1n) is 13.2. The molecular weight excluding hydrogens is 460 g/mol. The Kier molecular flexibility index (Phi) is 5.44. The lowest BCUT2D eigenvalue weighted by Crippen LogP contribution is -2.09. The summed E-state index contributed by atoms with van der Waals surface area (Å²) in [5.74, 6) is 0. The van der Waals surface area contributed by atoms with Crippen LogP contribution in [0.3, 0.4) is 0 Å². The number of benzene rings is 5. The fraction of sp³-hybridized carbons (Fsp3) is 0.0556. The van der Waals surface area contributed by atoms with Gasteiger partial charge in [-0.3, -0.25) is 0 Å². The lowest BCUT2D eigenvalue weighted by molar-refractivity contribution is 0.848. The van der Waals surface area contributed by atoms with E-state index >= 15 is 0 Å². The van der Waals surface area contributed by atoms with Gasteiger partial charge in [0.25, 0.3) is 0 Å². The number of hydrogen-bond donors (Lipinski definition) is 1. The van der Waals surface area contributed by atoms with Crippen LogP contribution in [-0.2, 0) is 6.42 Å². The summed E-state index contributed by atoms with van der Waals surface area (Å²) in [7, 11) is 0. The van der Waals surface area contributed by atoms with E-state index in [1.807, 2.05) is 0 Å². The van der Waals surface area contributed by atoms with Gasteiger partial charge in [0.05, 0.1) is 5.52 Å². The van der Waals surface area contributed by atoms with Gasteiger partial charge in [-0.25, -0.2) is 0 Å². The van der Waals surface area contributed by atoms with Gasteiger partial charge < -0.3 is 10.3 Å². The first-order valence-corrected chi connectivity index (χ1v) is 13.2. The van der Waals surface area contributed by atoms with Gasteiger partial charge in [0, 0.05) is 28.0 Å². The van der Waals surface area contributed by atoms with Crippen LogP contribution in [0.4, 0.5) is 0 Å². The predicted molar refractivity (Wildman–Crippen MR) is 160 cm³/mol. The number of fused-ring (bicyclic) bond motifs is 3. The zero-order valence-corrected chi connectivity index (χ0v) is 21.1. The molecule has 2 N–H and O–H groups in total. The lowest BCUT2D eigenvalue weighted by atomic mass is 9.96. The van der Waals surface area contributed by atoms with Crippen molar-refractivity contribution in [3.8, 4) is 39.1 Å². The largest absolute Gasteiger partial charge is 0.402 e. The van der Waals surface area contributed by atoms with E-state index in [2.05, 4.69) is 138 Å². The van der Waals surface area contributed by atoms with Crippen molar-refractivity contribution in [2.45, 2.75) is 12.8 Å². The highest BCUT2D eigenvalue weighted by molar-refractivity contribution is 5.94. The van der Waals surface area contributed by atoms with Gasteiger partial charge in [-0.15, -0.1) is 0 Å². The standard InChI is InChI=1S/C36H28N2/c37-31-19-20-36-34(24-31)33-17-4-5-18-35(33)38(36)32-16-8-15-30(23-32)29-14-7-13-28(22-29)27-12-6-11-26(21-27)25-9-2-1-3-10-25/h1-18,21-24H,19-20,37H2. The number of aromatic nitrogens is 1. The molecule has 0 bridgehead atoms. The zero-order valence-electron chi connectivity index (χ0n) is 21.1. The number of rotatable bonds is 4. The van der Waals surface area contributed by atoms with Crippen LogP contribution in [0, 0.1) is 0 Å². The molecule has 0 radical (unpaired) electrons. The molecule has 0 saturated carbocycles. The maximum Gasteiger partial charge on any atom is 0.0537 e. The maximum absolute atomic E-state index is 6.24. The first-order chi connectivity index (χ1) is 18.7. The van der Waals surface area contributed by atoms with Crippen LogP contribution < -0.4 is 5.73 Å². The summed E-state index contributed by atoms with van der Waals surface area (Å²) in [5.41, 5.74) is 19.5. The van der Waals surface area contributed by atoms with E-state index in [-0.39, 0.29) is 0 Å². The van der Waals surface area contributed by atoms with Gasteiger partial charge in [0.2, 0.25) is 0 Å². The van der Waals surface area contributed by atoms with Gasteiger partial charge in [-0.05, 0) is 82.6 Å². The minimum absolute atomic E-state index is 0.896. The second-order valence-corrected chi connectivity index (χ2v) is 10.0. The highest BCUT2D eigenvalue weighted by Crippen LogP contribution is 2.36. The molecule has 0 atom stereocenters. The highest BCUT2D eigenvalue weighted by Gasteiger charge is 2.20. The van der Waals surface area contributed by atoms with Crippen molar-refractivity contribution in [2.24, 2.45) is 5.73 Å². The van der Waals surface area contributed by atoms with Crippen molar-refractivity contribution in [2.75, 3.05) is 0 Å². The average molecular weight is 489 g/mol. The molecule has 2 heteroatoms. The normalized spacial score (nSPS) is 12.8. The second-order valence-electron chi connectivity index (χ2n) is 10.0. The molecule has 6 aromatic rings. The number of allylic oxidation sites excluding steroid dienone is 1. The molecule has 1 aliphatic rings. The van der Waals surface area contributed by atoms with Crippen molar-refractivity contribution in [3.63, 3.8) is 0 Å². The summed E-state index contributed by atoms with van der Waals surface area (Å²) < 4.78 is 2.42. The first kappa shape index (κ1) is 22.4. The van der Waals surface area contributed by atoms with E-state index in [0.29, 0.717) is 0 Å². The molecule has 1 aromatic heterocycles. The molecule has 0 amide bonds. The minimum atomic E-state index is 0.896. The van der Waals surface area contributed by atoms with Crippen LogP contribution in [0.25, 0.3) is 56.0 Å². The highest BCUT2D eigenvalue weighted by atomic mass is 15.0. The molecule has 0 saturated heterocycles. The summed E-state index contributed by atoms with van der Waals surface area (Å²) in [4.78, 5) is 0. The van der Waals surface area contributed by atoms with E-state index in [9.17, 15) is 0 Å². The molecule has 0 spiro atoms. The number of nitrogens with zero attached hydrogens (tertiary/aromatic N) is 1. The second kappa shape index (κ2) is 9.24. The topological polar surface area (TPSA) is 30.9 Å². The number of para-hydroxylation sites is 1. The van der Waals surface area contributed by atoms with Gasteiger partial charge in [0.1, 0.15) is 0 Å². The summed E-state index contributed by atoms with van der Waals surface area (Å²) in [6.45, 7) is 0. The molecule has 2 nitrogen and oxygen atoms in total. The molecule has 182 valence electrons. The van der Waals surface area contributed by atoms with Crippen molar-refractivity contribution in [1.29, 1.82) is 0 Å². The van der Waals surface area contributed by atoms with Gasteiger partial charge in [-0.2, -0.15) is 0 Å². The maximum atomic E-state index is 6.24.